The molecule has 82 valence electrons. The van der Waals surface area contributed by atoms with E-state index in [2.05, 4.69) is 24.0 Å². The zero-order chi connectivity index (χ0) is 10.7. The van der Waals surface area contributed by atoms with Crippen LogP contribution in [0, 0.1) is 0 Å². The van der Waals surface area contributed by atoms with E-state index in [1.165, 1.54) is 11.3 Å². The lowest BCUT2D eigenvalue weighted by atomic mass is 10.1. The van der Waals surface area contributed by atoms with Crippen LogP contribution in [0.3, 0.4) is 0 Å². The van der Waals surface area contributed by atoms with E-state index < -0.39 is 0 Å². The fourth-order valence-corrected chi connectivity index (χ4v) is 2.10. The highest BCUT2D eigenvalue weighted by Crippen LogP contribution is 2.24. The molecule has 0 radical (unpaired) electrons. The number of morpholine rings is 1. The van der Waals surface area contributed by atoms with Crippen molar-refractivity contribution in [1.82, 2.24) is 0 Å². The van der Waals surface area contributed by atoms with Crippen molar-refractivity contribution in [3.05, 3.63) is 28.8 Å². The topological polar surface area (TPSA) is 12.5 Å². The molecule has 0 amide bonds. The molecule has 2 rings (SSSR count). The molecule has 1 aromatic carbocycles. The van der Waals surface area contributed by atoms with Crippen molar-refractivity contribution in [2.24, 2.45) is 0 Å². The number of benzene rings is 1. The molecule has 3 heteroatoms. The van der Waals surface area contributed by atoms with Gasteiger partial charge < -0.3 is 9.64 Å². The average Bonchev–Trinajstić information content (AvgIpc) is 2.31. The van der Waals surface area contributed by atoms with Crippen LogP contribution < -0.4 is 4.90 Å². The van der Waals surface area contributed by atoms with Gasteiger partial charge in [-0.25, -0.2) is 0 Å². The highest BCUT2D eigenvalue weighted by Gasteiger charge is 2.11. The molecule has 1 saturated heterocycles. The Kier molecular flexibility index (Phi) is 3.49. The molecule has 0 unspecified atom stereocenters. The summed E-state index contributed by atoms with van der Waals surface area (Å²) in [7, 11) is 0. The Morgan fingerprint density at radius 3 is 2.73 bits per heavy atom. The smallest absolute Gasteiger partial charge is 0.0642 e. The fraction of sp³-hybridized carbons (Fsp3) is 0.500. The number of hydrogen-bond acceptors (Lipinski definition) is 2. The molecular formula is C12H16ClNO. The van der Waals surface area contributed by atoms with Gasteiger partial charge in [0.1, 0.15) is 0 Å². The Labute approximate surface area is 95.8 Å². The van der Waals surface area contributed by atoms with Gasteiger partial charge in [-0.15, -0.1) is 0 Å². The zero-order valence-corrected chi connectivity index (χ0v) is 9.76. The first-order valence-corrected chi connectivity index (χ1v) is 5.80. The van der Waals surface area contributed by atoms with E-state index >= 15 is 0 Å². The Morgan fingerprint density at radius 1 is 1.33 bits per heavy atom. The number of halogens is 1. The van der Waals surface area contributed by atoms with Crippen molar-refractivity contribution in [2.45, 2.75) is 13.3 Å². The van der Waals surface area contributed by atoms with Crippen LogP contribution in [0.25, 0.3) is 0 Å². The van der Waals surface area contributed by atoms with E-state index in [0.717, 1.165) is 37.7 Å². The predicted octanol–water partition coefficient (Wildman–Crippen LogP) is 2.74. The molecule has 0 atom stereocenters. The largest absolute Gasteiger partial charge is 0.378 e. The summed E-state index contributed by atoms with van der Waals surface area (Å²) in [6.45, 7) is 5.73. The third-order valence-electron chi connectivity index (χ3n) is 2.79. The summed E-state index contributed by atoms with van der Waals surface area (Å²) in [6, 6.07) is 6.27. The van der Waals surface area contributed by atoms with Crippen LogP contribution in [0.5, 0.6) is 0 Å². The molecule has 0 aromatic heterocycles. The van der Waals surface area contributed by atoms with E-state index in [-0.39, 0.29) is 0 Å². The summed E-state index contributed by atoms with van der Waals surface area (Å²) in [5.41, 5.74) is 2.49. The molecule has 15 heavy (non-hydrogen) atoms. The fourth-order valence-electron chi connectivity index (χ4n) is 1.85. The first kappa shape index (κ1) is 10.8. The van der Waals surface area contributed by atoms with Gasteiger partial charge in [-0.3, -0.25) is 0 Å². The van der Waals surface area contributed by atoms with Gasteiger partial charge in [0.25, 0.3) is 0 Å². The maximum Gasteiger partial charge on any atom is 0.0642 e. The number of hydrogen-bond donors (Lipinski definition) is 0. The Bertz CT molecular complexity index is 334. The number of aryl methyl sites for hydroxylation is 1. The SMILES string of the molecule is CCc1cc(N2CCOCC2)ccc1Cl. The quantitative estimate of drug-likeness (QED) is 0.768. The van der Waals surface area contributed by atoms with Crippen LogP contribution in [0.4, 0.5) is 5.69 Å². The van der Waals surface area contributed by atoms with E-state index in [1.54, 1.807) is 0 Å². The van der Waals surface area contributed by atoms with E-state index in [9.17, 15) is 0 Å². The van der Waals surface area contributed by atoms with E-state index in [1.807, 2.05) is 6.07 Å². The zero-order valence-electron chi connectivity index (χ0n) is 9.00. The Balaban J connectivity index is 2.20. The normalized spacial score (nSPS) is 16.8. The molecule has 2 nitrogen and oxygen atoms in total. The molecule has 0 bridgehead atoms. The van der Waals surface area contributed by atoms with Crippen LogP contribution in [0.1, 0.15) is 12.5 Å². The van der Waals surface area contributed by atoms with Gasteiger partial charge in [0.05, 0.1) is 13.2 Å². The highest BCUT2D eigenvalue weighted by atomic mass is 35.5. The van der Waals surface area contributed by atoms with Crippen molar-refractivity contribution < 1.29 is 4.74 Å². The van der Waals surface area contributed by atoms with Crippen molar-refractivity contribution in [3.63, 3.8) is 0 Å². The molecule has 1 heterocycles. The monoisotopic (exact) mass is 225 g/mol. The number of rotatable bonds is 2. The van der Waals surface area contributed by atoms with Crippen LogP contribution in [0.15, 0.2) is 18.2 Å². The molecule has 0 aliphatic carbocycles. The molecule has 1 aliphatic rings. The molecule has 0 N–H and O–H groups in total. The molecular weight excluding hydrogens is 210 g/mol. The van der Waals surface area contributed by atoms with E-state index in [4.69, 9.17) is 16.3 Å². The summed E-state index contributed by atoms with van der Waals surface area (Å²) in [4.78, 5) is 2.35. The van der Waals surface area contributed by atoms with Crippen molar-refractivity contribution >= 4 is 17.3 Å². The summed E-state index contributed by atoms with van der Waals surface area (Å²) >= 11 is 6.09. The minimum Gasteiger partial charge on any atom is -0.378 e. The van der Waals surface area contributed by atoms with Crippen LogP contribution in [0.2, 0.25) is 5.02 Å². The van der Waals surface area contributed by atoms with Gasteiger partial charge in [0.15, 0.2) is 0 Å². The Morgan fingerprint density at radius 2 is 2.07 bits per heavy atom. The van der Waals surface area contributed by atoms with Crippen LogP contribution in [-0.4, -0.2) is 26.3 Å². The summed E-state index contributed by atoms with van der Waals surface area (Å²) in [5.74, 6) is 0. The number of anilines is 1. The second kappa shape index (κ2) is 4.86. The van der Waals surface area contributed by atoms with Gasteiger partial charge >= 0.3 is 0 Å². The lowest BCUT2D eigenvalue weighted by Crippen LogP contribution is -2.36. The maximum atomic E-state index is 6.09. The van der Waals surface area contributed by atoms with E-state index in [0.29, 0.717) is 0 Å². The van der Waals surface area contributed by atoms with Gasteiger partial charge in [0, 0.05) is 23.8 Å². The third kappa shape index (κ3) is 2.44. The molecule has 1 aromatic rings. The van der Waals surface area contributed by atoms with Crippen LogP contribution >= 0.6 is 11.6 Å². The third-order valence-corrected chi connectivity index (χ3v) is 3.16. The van der Waals surface area contributed by atoms with Crippen LogP contribution in [-0.2, 0) is 11.2 Å². The van der Waals surface area contributed by atoms with Crippen molar-refractivity contribution in [1.29, 1.82) is 0 Å². The highest BCUT2D eigenvalue weighted by molar-refractivity contribution is 6.31. The summed E-state index contributed by atoms with van der Waals surface area (Å²) < 4.78 is 5.33. The lowest BCUT2D eigenvalue weighted by molar-refractivity contribution is 0.122. The molecule has 0 saturated carbocycles. The maximum absolute atomic E-state index is 6.09. The minimum atomic E-state index is 0.823. The van der Waals surface area contributed by atoms with Crippen molar-refractivity contribution in [2.75, 3.05) is 31.2 Å². The molecule has 1 aliphatic heterocycles. The Hall–Kier alpha value is -0.730. The number of nitrogens with zero attached hydrogens (tertiary/aromatic N) is 1. The number of ether oxygens (including phenoxy) is 1. The minimum absolute atomic E-state index is 0.823. The summed E-state index contributed by atoms with van der Waals surface area (Å²) in [6.07, 6.45) is 0.983. The lowest BCUT2D eigenvalue weighted by Gasteiger charge is -2.29. The standard InChI is InChI=1S/C12H16ClNO/c1-2-10-9-11(3-4-12(10)13)14-5-7-15-8-6-14/h3-4,9H,2,5-8H2,1H3. The summed E-state index contributed by atoms with van der Waals surface area (Å²) in [5, 5.41) is 0.870. The van der Waals surface area contributed by atoms with Crippen molar-refractivity contribution in [3.8, 4) is 0 Å². The predicted molar refractivity (Wildman–Crippen MR) is 63.9 cm³/mol. The van der Waals surface area contributed by atoms with Gasteiger partial charge in [-0.1, -0.05) is 18.5 Å². The first-order chi connectivity index (χ1) is 7.31. The average molecular weight is 226 g/mol. The molecule has 1 fully saturated rings. The van der Waals surface area contributed by atoms with Gasteiger partial charge in [0.2, 0.25) is 0 Å². The van der Waals surface area contributed by atoms with Gasteiger partial charge in [-0.2, -0.15) is 0 Å². The second-order valence-electron chi connectivity index (χ2n) is 3.73. The van der Waals surface area contributed by atoms with Gasteiger partial charge in [-0.05, 0) is 30.2 Å². The molecule has 0 spiro atoms. The first-order valence-electron chi connectivity index (χ1n) is 5.42. The second-order valence-corrected chi connectivity index (χ2v) is 4.14.